The maximum Gasteiger partial charge on any atom is 0.573 e. The van der Waals surface area contributed by atoms with Gasteiger partial charge in [-0.15, -0.1) is 19.6 Å². The maximum absolute atomic E-state index is 12.3. The molecule has 0 N–H and O–H groups in total. The van der Waals surface area contributed by atoms with Gasteiger partial charge in [0.2, 0.25) is 0 Å². The monoisotopic (exact) mass is 292 g/mol. The largest absolute Gasteiger partial charge is 0.573 e. The molecule has 0 saturated heterocycles. The number of hydrogen-bond acceptors (Lipinski definition) is 2. The van der Waals surface area contributed by atoms with Crippen molar-refractivity contribution >= 4 is 0 Å². The first kappa shape index (κ1) is 14.8. The van der Waals surface area contributed by atoms with Gasteiger partial charge in [0, 0.05) is 6.07 Å². The van der Waals surface area contributed by atoms with Crippen LogP contribution >= 0.6 is 0 Å². The molecule has 0 unspecified atom stereocenters. The van der Waals surface area contributed by atoms with Crippen LogP contribution in [0, 0.1) is 12.3 Å². The Kier molecular flexibility index (Phi) is 4.39. The Morgan fingerprint density at radius 1 is 1.05 bits per heavy atom. The molecular formula is C16H11F3O2. The molecule has 2 nitrogen and oxygen atoms in total. The molecule has 0 aliphatic carbocycles. The Balaban J connectivity index is 2.14. The molecule has 5 heteroatoms. The minimum absolute atomic E-state index is 0.0133. The van der Waals surface area contributed by atoms with E-state index in [0.29, 0.717) is 0 Å². The van der Waals surface area contributed by atoms with E-state index in [1.807, 2.05) is 30.3 Å². The van der Waals surface area contributed by atoms with E-state index in [2.05, 4.69) is 10.7 Å². The maximum atomic E-state index is 12.3. The van der Waals surface area contributed by atoms with E-state index in [-0.39, 0.29) is 17.9 Å². The average molecular weight is 292 g/mol. The fourth-order valence-electron chi connectivity index (χ4n) is 1.66. The summed E-state index contributed by atoms with van der Waals surface area (Å²) in [5.74, 6) is 1.94. The number of rotatable bonds is 4. The summed E-state index contributed by atoms with van der Waals surface area (Å²) in [4.78, 5) is 0. The van der Waals surface area contributed by atoms with Gasteiger partial charge in [-0.3, -0.25) is 0 Å². The zero-order valence-electron chi connectivity index (χ0n) is 10.9. The Bertz CT molecular complexity index is 643. The highest BCUT2D eigenvalue weighted by Crippen LogP contribution is 2.30. The van der Waals surface area contributed by atoms with Crippen molar-refractivity contribution in [3.63, 3.8) is 0 Å². The smallest absolute Gasteiger partial charge is 0.489 e. The molecule has 0 aliphatic heterocycles. The van der Waals surface area contributed by atoms with Crippen molar-refractivity contribution in [2.45, 2.75) is 13.0 Å². The van der Waals surface area contributed by atoms with Crippen LogP contribution in [0.1, 0.15) is 11.1 Å². The van der Waals surface area contributed by atoms with E-state index in [9.17, 15) is 13.2 Å². The van der Waals surface area contributed by atoms with Gasteiger partial charge in [-0.2, -0.15) is 0 Å². The van der Waals surface area contributed by atoms with Crippen LogP contribution in [-0.4, -0.2) is 6.36 Å². The molecule has 0 aromatic heterocycles. The van der Waals surface area contributed by atoms with Crippen molar-refractivity contribution in [3.8, 4) is 23.8 Å². The second-order valence-electron chi connectivity index (χ2n) is 4.12. The van der Waals surface area contributed by atoms with E-state index < -0.39 is 12.1 Å². The van der Waals surface area contributed by atoms with Gasteiger partial charge in [0.25, 0.3) is 0 Å². The number of hydrogen-bond donors (Lipinski definition) is 0. The molecule has 0 heterocycles. The van der Waals surface area contributed by atoms with Gasteiger partial charge in [-0.25, -0.2) is 0 Å². The quantitative estimate of drug-likeness (QED) is 0.788. The summed E-state index contributed by atoms with van der Waals surface area (Å²) in [6.07, 6.45) is 0.344. The average Bonchev–Trinajstić information content (AvgIpc) is 2.45. The summed E-state index contributed by atoms with van der Waals surface area (Å²) in [7, 11) is 0. The lowest BCUT2D eigenvalue weighted by Crippen LogP contribution is -2.17. The summed E-state index contributed by atoms with van der Waals surface area (Å²) in [5.41, 5.74) is 0.913. The minimum atomic E-state index is -4.80. The molecular weight excluding hydrogens is 281 g/mol. The van der Waals surface area contributed by atoms with E-state index in [1.54, 1.807) is 0 Å². The van der Waals surface area contributed by atoms with Gasteiger partial charge in [0.1, 0.15) is 18.1 Å². The molecule has 0 aliphatic rings. The van der Waals surface area contributed by atoms with Crippen LogP contribution in [0.3, 0.4) is 0 Å². The zero-order valence-corrected chi connectivity index (χ0v) is 10.9. The molecule has 108 valence electrons. The molecule has 21 heavy (non-hydrogen) atoms. The summed E-state index contributed by atoms with van der Waals surface area (Å²) < 4.78 is 46.3. The third-order valence-corrected chi connectivity index (χ3v) is 2.58. The highest BCUT2D eigenvalue weighted by Gasteiger charge is 2.32. The fraction of sp³-hybridized carbons (Fsp3) is 0.125. The predicted molar refractivity (Wildman–Crippen MR) is 71.8 cm³/mol. The van der Waals surface area contributed by atoms with Crippen molar-refractivity contribution in [1.82, 2.24) is 0 Å². The van der Waals surface area contributed by atoms with Crippen molar-refractivity contribution in [3.05, 3.63) is 59.7 Å². The molecule has 0 radical (unpaired) electrons. The van der Waals surface area contributed by atoms with Gasteiger partial charge >= 0.3 is 6.36 Å². The van der Waals surface area contributed by atoms with Gasteiger partial charge < -0.3 is 9.47 Å². The number of halogens is 3. The summed E-state index contributed by atoms with van der Waals surface area (Å²) in [6.45, 7) is 0.238. The van der Waals surface area contributed by atoms with E-state index in [1.165, 1.54) is 12.1 Å². The molecule has 2 aromatic carbocycles. The molecule has 0 atom stereocenters. The highest BCUT2D eigenvalue weighted by molar-refractivity contribution is 5.49. The first-order valence-electron chi connectivity index (χ1n) is 6.01. The molecule has 2 aromatic rings. The normalized spacial score (nSPS) is 10.8. The Labute approximate surface area is 120 Å². The van der Waals surface area contributed by atoms with Crippen LogP contribution in [-0.2, 0) is 6.61 Å². The SMILES string of the molecule is C#Cc1ccc(OCc2ccccc2)cc1OC(F)(F)F. The van der Waals surface area contributed by atoms with E-state index >= 15 is 0 Å². The number of alkyl halides is 3. The zero-order chi connectivity index (χ0) is 15.3. The topological polar surface area (TPSA) is 18.5 Å². The third kappa shape index (κ3) is 4.46. The van der Waals surface area contributed by atoms with Crippen molar-refractivity contribution in [2.24, 2.45) is 0 Å². The van der Waals surface area contributed by atoms with E-state index in [0.717, 1.165) is 11.6 Å². The number of ether oxygens (including phenoxy) is 2. The van der Waals surface area contributed by atoms with Crippen LogP contribution in [0.5, 0.6) is 11.5 Å². The van der Waals surface area contributed by atoms with Crippen LogP contribution in [0.15, 0.2) is 48.5 Å². The van der Waals surface area contributed by atoms with Crippen LogP contribution in [0.2, 0.25) is 0 Å². The van der Waals surface area contributed by atoms with Crippen molar-refractivity contribution in [2.75, 3.05) is 0 Å². The second-order valence-corrected chi connectivity index (χ2v) is 4.12. The van der Waals surface area contributed by atoms with Gasteiger partial charge in [0.15, 0.2) is 0 Å². The van der Waals surface area contributed by atoms with Crippen LogP contribution in [0.25, 0.3) is 0 Å². The predicted octanol–water partition coefficient (Wildman–Crippen LogP) is 4.15. The van der Waals surface area contributed by atoms with Crippen molar-refractivity contribution < 1.29 is 22.6 Å². The summed E-state index contributed by atoms with van der Waals surface area (Å²) in [6, 6.07) is 13.2. The van der Waals surface area contributed by atoms with Gasteiger partial charge in [-0.1, -0.05) is 36.3 Å². The van der Waals surface area contributed by atoms with Gasteiger partial charge in [-0.05, 0) is 17.7 Å². The van der Waals surface area contributed by atoms with Gasteiger partial charge in [0.05, 0.1) is 5.56 Å². The first-order chi connectivity index (χ1) is 9.98. The minimum Gasteiger partial charge on any atom is -0.489 e. The molecule has 0 amide bonds. The summed E-state index contributed by atoms with van der Waals surface area (Å²) >= 11 is 0. The molecule has 0 spiro atoms. The highest BCUT2D eigenvalue weighted by atomic mass is 19.4. The first-order valence-corrected chi connectivity index (χ1v) is 6.01. The standard InChI is InChI=1S/C16H11F3O2/c1-2-13-8-9-14(10-15(13)21-16(17,18)19)20-11-12-6-4-3-5-7-12/h1,3-10H,11H2. The summed E-state index contributed by atoms with van der Waals surface area (Å²) in [5, 5.41) is 0. The second kappa shape index (κ2) is 6.23. The lowest BCUT2D eigenvalue weighted by atomic mass is 10.2. The fourth-order valence-corrected chi connectivity index (χ4v) is 1.66. The molecule has 0 fully saturated rings. The Hall–Kier alpha value is -2.61. The molecule has 2 rings (SSSR count). The Morgan fingerprint density at radius 3 is 2.38 bits per heavy atom. The van der Waals surface area contributed by atoms with Crippen LogP contribution < -0.4 is 9.47 Å². The number of terminal acetylenes is 1. The molecule has 0 saturated carbocycles. The lowest BCUT2D eigenvalue weighted by Gasteiger charge is -2.13. The van der Waals surface area contributed by atoms with E-state index in [4.69, 9.17) is 11.2 Å². The van der Waals surface area contributed by atoms with Crippen LogP contribution in [0.4, 0.5) is 13.2 Å². The molecule has 0 bridgehead atoms. The number of benzene rings is 2. The van der Waals surface area contributed by atoms with Crippen molar-refractivity contribution in [1.29, 1.82) is 0 Å². The lowest BCUT2D eigenvalue weighted by molar-refractivity contribution is -0.274. The third-order valence-electron chi connectivity index (χ3n) is 2.58. The Morgan fingerprint density at radius 2 is 1.76 bits per heavy atom.